The molecule has 1 aliphatic heterocycles. The lowest BCUT2D eigenvalue weighted by Gasteiger charge is -2.28. The van der Waals surface area contributed by atoms with Crippen LogP contribution in [0.2, 0.25) is 0 Å². The molecule has 0 spiro atoms. The van der Waals surface area contributed by atoms with E-state index in [4.69, 9.17) is 5.73 Å². The lowest BCUT2D eigenvalue weighted by atomic mass is 9.94. The number of nitrogens with one attached hydrogen (secondary N) is 1. The van der Waals surface area contributed by atoms with E-state index in [1.54, 1.807) is 6.07 Å². The molecule has 0 aromatic carbocycles. The van der Waals surface area contributed by atoms with Gasteiger partial charge in [-0.2, -0.15) is 0 Å². The Morgan fingerprint density at radius 3 is 2.88 bits per heavy atom. The molecule has 2 heterocycles. The Morgan fingerprint density at radius 2 is 2.18 bits per heavy atom. The summed E-state index contributed by atoms with van der Waals surface area (Å²) in [7, 11) is 2.19. The minimum absolute atomic E-state index is 0.516. The molecule has 2 rings (SSSR count). The number of nitrogens with zero attached hydrogens (tertiary/aromatic N) is 3. The van der Waals surface area contributed by atoms with Crippen molar-refractivity contribution in [1.29, 1.82) is 0 Å². The molecule has 1 aliphatic rings. The van der Waals surface area contributed by atoms with Crippen molar-refractivity contribution in [3.8, 4) is 0 Å². The van der Waals surface area contributed by atoms with Crippen LogP contribution < -0.4 is 11.1 Å². The summed E-state index contributed by atoms with van der Waals surface area (Å²) in [6.45, 7) is 3.42. The van der Waals surface area contributed by atoms with Gasteiger partial charge in [0.05, 0.1) is 0 Å². The molecule has 0 radical (unpaired) electrons. The standard InChI is InChI=1S/C12H21N5/c1-17-6-3-10(4-7-17)2-5-14-12-8-11(13)15-9-16-12/h8-10H,2-7H2,1H3,(H3,13,14,15,16). The fourth-order valence-electron chi connectivity index (χ4n) is 2.22. The third-order valence-corrected chi connectivity index (χ3v) is 3.39. The quantitative estimate of drug-likeness (QED) is 0.821. The number of anilines is 2. The first-order chi connectivity index (χ1) is 8.24. The second kappa shape index (κ2) is 5.82. The van der Waals surface area contributed by atoms with Crippen LogP contribution in [0.5, 0.6) is 0 Å². The average Bonchev–Trinajstić information content (AvgIpc) is 2.32. The lowest BCUT2D eigenvalue weighted by molar-refractivity contribution is 0.215. The molecule has 0 aliphatic carbocycles. The predicted octanol–water partition coefficient (Wildman–Crippen LogP) is 1.20. The summed E-state index contributed by atoms with van der Waals surface area (Å²) in [6, 6.07) is 1.77. The van der Waals surface area contributed by atoms with Crippen LogP contribution >= 0.6 is 0 Å². The number of aromatic nitrogens is 2. The zero-order chi connectivity index (χ0) is 12.1. The SMILES string of the molecule is CN1CCC(CCNc2cc(N)ncn2)CC1. The third-order valence-electron chi connectivity index (χ3n) is 3.39. The second-order valence-corrected chi connectivity index (χ2v) is 4.79. The van der Waals surface area contributed by atoms with Crippen molar-refractivity contribution in [2.24, 2.45) is 5.92 Å². The van der Waals surface area contributed by atoms with Crippen molar-refractivity contribution in [2.75, 3.05) is 37.7 Å². The van der Waals surface area contributed by atoms with E-state index in [0.717, 1.165) is 18.3 Å². The van der Waals surface area contributed by atoms with Crippen molar-refractivity contribution in [3.63, 3.8) is 0 Å². The Balaban J connectivity index is 1.69. The molecule has 0 bridgehead atoms. The molecule has 94 valence electrons. The molecular formula is C12H21N5. The van der Waals surface area contributed by atoms with Crippen molar-refractivity contribution in [3.05, 3.63) is 12.4 Å². The Morgan fingerprint density at radius 1 is 1.41 bits per heavy atom. The highest BCUT2D eigenvalue weighted by atomic mass is 15.1. The highest BCUT2D eigenvalue weighted by Crippen LogP contribution is 2.19. The van der Waals surface area contributed by atoms with Gasteiger partial charge in [0.25, 0.3) is 0 Å². The van der Waals surface area contributed by atoms with Crippen LogP contribution in [-0.2, 0) is 0 Å². The summed E-state index contributed by atoms with van der Waals surface area (Å²) in [5.41, 5.74) is 5.59. The van der Waals surface area contributed by atoms with Gasteiger partial charge in [-0.15, -0.1) is 0 Å². The van der Waals surface area contributed by atoms with Crippen LogP contribution in [0.3, 0.4) is 0 Å². The molecule has 17 heavy (non-hydrogen) atoms. The van der Waals surface area contributed by atoms with Gasteiger partial charge < -0.3 is 16.0 Å². The van der Waals surface area contributed by atoms with Crippen LogP contribution in [-0.4, -0.2) is 41.5 Å². The monoisotopic (exact) mass is 235 g/mol. The molecule has 1 fully saturated rings. The van der Waals surface area contributed by atoms with Gasteiger partial charge in [0.1, 0.15) is 18.0 Å². The molecule has 0 saturated carbocycles. The summed E-state index contributed by atoms with van der Waals surface area (Å²) >= 11 is 0. The first-order valence-corrected chi connectivity index (χ1v) is 6.24. The number of nitrogens with two attached hydrogens (primary N) is 1. The van der Waals surface area contributed by atoms with Crippen LogP contribution in [0.4, 0.5) is 11.6 Å². The van der Waals surface area contributed by atoms with Gasteiger partial charge in [-0.25, -0.2) is 9.97 Å². The number of piperidine rings is 1. The Labute approximate surface area is 102 Å². The first kappa shape index (κ1) is 12.1. The Kier molecular flexibility index (Phi) is 4.14. The number of rotatable bonds is 4. The van der Waals surface area contributed by atoms with Crippen LogP contribution in [0.25, 0.3) is 0 Å². The topological polar surface area (TPSA) is 67.1 Å². The molecule has 0 unspecified atom stereocenters. The summed E-state index contributed by atoms with van der Waals surface area (Å²) in [5.74, 6) is 2.19. The van der Waals surface area contributed by atoms with Crippen molar-refractivity contribution < 1.29 is 0 Å². The van der Waals surface area contributed by atoms with E-state index in [1.165, 1.54) is 38.7 Å². The summed E-state index contributed by atoms with van der Waals surface area (Å²) in [5, 5.41) is 3.30. The van der Waals surface area contributed by atoms with Crippen LogP contribution in [0, 0.1) is 5.92 Å². The first-order valence-electron chi connectivity index (χ1n) is 6.24. The smallest absolute Gasteiger partial charge is 0.131 e. The van der Waals surface area contributed by atoms with E-state index >= 15 is 0 Å². The zero-order valence-electron chi connectivity index (χ0n) is 10.4. The fraction of sp³-hybridized carbons (Fsp3) is 0.667. The number of likely N-dealkylation sites (tertiary alicyclic amines) is 1. The molecule has 0 amide bonds. The molecule has 0 atom stereocenters. The minimum atomic E-state index is 0.516. The van der Waals surface area contributed by atoms with E-state index in [2.05, 4.69) is 27.2 Å². The second-order valence-electron chi connectivity index (χ2n) is 4.79. The zero-order valence-corrected chi connectivity index (χ0v) is 10.4. The van der Waals surface area contributed by atoms with Gasteiger partial charge in [-0.1, -0.05) is 0 Å². The van der Waals surface area contributed by atoms with E-state index < -0.39 is 0 Å². The molecular weight excluding hydrogens is 214 g/mol. The van der Waals surface area contributed by atoms with Crippen LogP contribution in [0.1, 0.15) is 19.3 Å². The van der Waals surface area contributed by atoms with Crippen molar-refractivity contribution in [1.82, 2.24) is 14.9 Å². The van der Waals surface area contributed by atoms with Crippen molar-refractivity contribution >= 4 is 11.6 Å². The summed E-state index contributed by atoms with van der Waals surface area (Å²) in [6.07, 6.45) is 5.32. The number of nitrogen functional groups attached to an aromatic ring is 1. The maximum atomic E-state index is 5.59. The normalized spacial score (nSPS) is 18.2. The van der Waals surface area contributed by atoms with Crippen molar-refractivity contribution in [2.45, 2.75) is 19.3 Å². The van der Waals surface area contributed by atoms with E-state index in [1.807, 2.05) is 0 Å². The number of hydrogen-bond donors (Lipinski definition) is 2. The predicted molar refractivity (Wildman–Crippen MR) is 69.8 cm³/mol. The van der Waals surface area contributed by atoms with Gasteiger partial charge in [0, 0.05) is 12.6 Å². The molecule has 1 aromatic heterocycles. The average molecular weight is 235 g/mol. The van der Waals surface area contributed by atoms with E-state index in [-0.39, 0.29) is 0 Å². The molecule has 3 N–H and O–H groups in total. The highest BCUT2D eigenvalue weighted by Gasteiger charge is 2.15. The van der Waals surface area contributed by atoms with Gasteiger partial charge in [0.15, 0.2) is 0 Å². The molecule has 5 nitrogen and oxygen atoms in total. The number of hydrogen-bond acceptors (Lipinski definition) is 5. The van der Waals surface area contributed by atoms with E-state index in [9.17, 15) is 0 Å². The Bertz CT molecular complexity index is 347. The molecule has 5 heteroatoms. The highest BCUT2D eigenvalue weighted by molar-refractivity contribution is 5.43. The summed E-state index contributed by atoms with van der Waals surface area (Å²) in [4.78, 5) is 10.4. The Hall–Kier alpha value is -1.36. The fourth-order valence-corrected chi connectivity index (χ4v) is 2.22. The maximum Gasteiger partial charge on any atom is 0.131 e. The summed E-state index contributed by atoms with van der Waals surface area (Å²) < 4.78 is 0. The lowest BCUT2D eigenvalue weighted by Crippen LogP contribution is -2.30. The molecule has 1 saturated heterocycles. The minimum Gasteiger partial charge on any atom is -0.384 e. The van der Waals surface area contributed by atoms with Gasteiger partial charge in [0.2, 0.25) is 0 Å². The molecule has 1 aromatic rings. The van der Waals surface area contributed by atoms with E-state index in [0.29, 0.717) is 5.82 Å². The van der Waals surface area contributed by atoms with Gasteiger partial charge >= 0.3 is 0 Å². The van der Waals surface area contributed by atoms with Crippen LogP contribution in [0.15, 0.2) is 12.4 Å². The van der Waals surface area contributed by atoms with Gasteiger partial charge in [-0.3, -0.25) is 0 Å². The van der Waals surface area contributed by atoms with Gasteiger partial charge in [-0.05, 0) is 45.3 Å². The maximum absolute atomic E-state index is 5.59. The largest absolute Gasteiger partial charge is 0.384 e. The third kappa shape index (κ3) is 3.85.